The maximum atomic E-state index is 12.7. The molecule has 4 aliphatic rings. The molecule has 178 valence electrons. The molecule has 0 radical (unpaired) electrons. The van der Waals surface area contributed by atoms with Crippen molar-refractivity contribution < 1.29 is 9.72 Å². The molecule has 4 saturated carbocycles. The summed E-state index contributed by atoms with van der Waals surface area (Å²) < 4.78 is 0.760. The number of nitrogens with one attached hydrogen (secondary N) is 1. The average molecular weight is 506 g/mol. The number of thioether (sulfide) groups is 1. The van der Waals surface area contributed by atoms with Crippen molar-refractivity contribution in [3.63, 3.8) is 0 Å². The molecule has 3 aromatic rings. The van der Waals surface area contributed by atoms with E-state index in [4.69, 9.17) is 4.98 Å². The second-order valence-electron chi connectivity index (χ2n) is 10.1. The lowest BCUT2D eigenvalue weighted by Crippen LogP contribution is -2.49. The number of hydrogen-bond acceptors (Lipinski definition) is 8. The molecule has 1 N–H and O–H groups in total. The highest BCUT2D eigenvalue weighted by Crippen LogP contribution is 2.60. The van der Waals surface area contributed by atoms with Crippen LogP contribution in [0, 0.1) is 39.2 Å². The zero-order valence-electron chi connectivity index (χ0n) is 18.9. The van der Waals surface area contributed by atoms with E-state index in [0.717, 1.165) is 28.1 Å². The number of hydrogen-bond donors (Lipinski definition) is 1. The van der Waals surface area contributed by atoms with Crippen molar-refractivity contribution in [1.29, 1.82) is 5.26 Å². The van der Waals surface area contributed by atoms with E-state index >= 15 is 0 Å². The first kappa shape index (κ1) is 22.4. The Kier molecular flexibility index (Phi) is 5.49. The second-order valence-corrected chi connectivity index (χ2v) is 12.1. The van der Waals surface area contributed by atoms with Crippen LogP contribution in [0.25, 0.3) is 10.2 Å². The summed E-state index contributed by atoms with van der Waals surface area (Å²) in [4.78, 5) is 32.4. The van der Waals surface area contributed by atoms with E-state index in [1.165, 1.54) is 73.8 Å². The number of nitro benzene ring substituents is 1. The highest BCUT2D eigenvalue weighted by molar-refractivity contribution is 8.00. The van der Waals surface area contributed by atoms with Crippen molar-refractivity contribution >= 4 is 50.0 Å². The van der Waals surface area contributed by atoms with Gasteiger partial charge in [-0.25, -0.2) is 9.97 Å². The third-order valence-electron chi connectivity index (χ3n) is 7.73. The standard InChI is InChI=1S/C25H23N5O3S2/c26-12-17-1-4-21(25-9-14-5-15(10-25)7-16(6-14)11-25)28-23(17)34-13-22(31)29-24-27-19-8-18(30(32)33)2-3-20(19)35-24/h1-4,8,14-16H,5-7,9-11,13H2,(H,27,29,31). The molecule has 2 heterocycles. The molecule has 4 fully saturated rings. The van der Waals surface area contributed by atoms with E-state index in [2.05, 4.69) is 16.4 Å². The number of non-ortho nitro benzene ring substituents is 1. The summed E-state index contributed by atoms with van der Waals surface area (Å²) in [7, 11) is 0. The van der Waals surface area contributed by atoms with Gasteiger partial charge in [-0.3, -0.25) is 14.9 Å². The Bertz CT molecular complexity index is 1360. The maximum Gasteiger partial charge on any atom is 0.271 e. The monoisotopic (exact) mass is 505 g/mol. The lowest BCUT2D eigenvalue weighted by atomic mass is 9.49. The predicted octanol–water partition coefficient (Wildman–Crippen LogP) is 5.67. The fourth-order valence-electron chi connectivity index (χ4n) is 6.73. The number of carbonyl (C=O) groups excluding carboxylic acids is 1. The Morgan fingerprint density at radius 1 is 1.17 bits per heavy atom. The largest absolute Gasteiger partial charge is 0.301 e. The van der Waals surface area contributed by atoms with Crippen molar-refractivity contribution in [3.05, 3.63) is 51.7 Å². The number of nitriles is 1. The van der Waals surface area contributed by atoms with Crippen LogP contribution in [0.4, 0.5) is 10.8 Å². The summed E-state index contributed by atoms with van der Waals surface area (Å²) in [5, 5.41) is 24.4. The molecule has 0 saturated heterocycles. The Morgan fingerprint density at radius 3 is 2.54 bits per heavy atom. The molecule has 0 spiro atoms. The van der Waals surface area contributed by atoms with Crippen molar-refractivity contribution in [2.45, 2.75) is 49.0 Å². The van der Waals surface area contributed by atoms with Gasteiger partial charge in [0.15, 0.2) is 5.13 Å². The first-order valence-electron chi connectivity index (χ1n) is 11.8. The molecule has 0 aliphatic heterocycles. The van der Waals surface area contributed by atoms with E-state index in [-0.39, 0.29) is 22.8 Å². The number of nitrogens with zero attached hydrogens (tertiary/aromatic N) is 4. The molecule has 7 rings (SSSR count). The number of fused-ring (bicyclic) bond motifs is 1. The predicted molar refractivity (Wildman–Crippen MR) is 134 cm³/mol. The SMILES string of the molecule is N#Cc1ccc(C23CC4CC(CC(C4)C2)C3)nc1SCC(=O)Nc1nc2cc([N+](=O)[O-])ccc2s1. The Hall–Kier alpha value is -3.03. The van der Waals surface area contributed by atoms with Gasteiger partial charge in [0.2, 0.25) is 5.91 Å². The van der Waals surface area contributed by atoms with Gasteiger partial charge in [-0.1, -0.05) is 23.1 Å². The Morgan fingerprint density at radius 2 is 1.89 bits per heavy atom. The van der Waals surface area contributed by atoms with E-state index in [1.807, 2.05) is 12.1 Å². The molecule has 0 unspecified atom stereocenters. The van der Waals surface area contributed by atoms with Crippen LogP contribution in [0.5, 0.6) is 0 Å². The molecule has 2 aromatic heterocycles. The number of nitro groups is 1. The van der Waals surface area contributed by atoms with Gasteiger partial charge in [-0.15, -0.1) is 0 Å². The fourth-order valence-corrected chi connectivity index (χ4v) is 8.36. The topological polar surface area (TPSA) is 122 Å². The number of benzene rings is 1. The van der Waals surface area contributed by atoms with Crippen LogP contribution >= 0.6 is 23.1 Å². The molecular weight excluding hydrogens is 482 g/mol. The van der Waals surface area contributed by atoms with E-state index in [0.29, 0.717) is 21.2 Å². The van der Waals surface area contributed by atoms with E-state index < -0.39 is 4.92 Å². The first-order valence-corrected chi connectivity index (χ1v) is 13.6. The highest BCUT2D eigenvalue weighted by atomic mass is 32.2. The van der Waals surface area contributed by atoms with Gasteiger partial charge in [0, 0.05) is 23.2 Å². The van der Waals surface area contributed by atoms with Gasteiger partial charge < -0.3 is 5.32 Å². The summed E-state index contributed by atoms with van der Waals surface area (Å²) in [5.74, 6) is 2.25. The molecule has 1 aromatic carbocycles. The molecule has 4 bridgehead atoms. The van der Waals surface area contributed by atoms with Gasteiger partial charge in [0.05, 0.1) is 26.5 Å². The van der Waals surface area contributed by atoms with E-state index in [9.17, 15) is 20.2 Å². The number of anilines is 1. The minimum atomic E-state index is -0.467. The first-order chi connectivity index (χ1) is 16.9. The second kappa shape index (κ2) is 8.57. The maximum absolute atomic E-state index is 12.7. The highest BCUT2D eigenvalue weighted by Gasteiger charge is 2.52. The fraction of sp³-hybridized carbons (Fsp3) is 0.440. The third kappa shape index (κ3) is 4.17. The summed E-state index contributed by atoms with van der Waals surface area (Å²) in [6.07, 6.45) is 7.65. The number of pyridine rings is 1. The van der Waals surface area contributed by atoms with E-state index in [1.54, 1.807) is 6.07 Å². The number of rotatable bonds is 6. The van der Waals surface area contributed by atoms with Gasteiger partial charge in [-0.2, -0.15) is 5.26 Å². The van der Waals surface area contributed by atoms with Crippen LogP contribution in [0.1, 0.15) is 49.8 Å². The van der Waals surface area contributed by atoms with Crippen molar-refractivity contribution in [2.75, 3.05) is 11.1 Å². The van der Waals surface area contributed by atoms with Gasteiger partial charge >= 0.3 is 0 Å². The molecule has 1 amide bonds. The van der Waals surface area contributed by atoms with Crippen molar-refractivity contribution in [1.82, 2.24) is 9.97 Å². The van der Waals surface area contributed by atoms with Crippen LogP contribution < -0.4 is 5.32 Å². The Balaban J connectivity index is 1.17. The smallest absolute Gasteiger partial charge is 0.271 e. The van der Waals surface area contributed by atoms with Crippen molar-refractivity contribution in [3.8, 4) is 6.07 Å². The summed E-state index contributed by atoms with van der Waals surface area (Å²) in [6, 6.07) is 10.6. The molecule has 8 nitrogen and oxygen atoms in total. The van der Waals surface area contributed by atoms with Crippen LogP contribution in [-0.2, 0) is 10.2 Å². The quantitative estimate of drug-likeness (QED) is 0.260. The lowest BCUT2D eigenvalue weighted by molar-refractivity contribution is -0.384. The summed E-state index contributed by atoms with van der Waals surface area (Å²) in [5.41, 5.74) is 2.15. The summed E-state index contributed by atoms with van der Waals surface area (Å²) >= 11 is 2.54. The zero-order valence-corrected chi connectivity index (χ0v) is 20.5. The van der Waals surface area contributed by atoms with Crippen molar-refractivity contribution in [2.24, 2.45) is 17.8 Å². The van der Waals surface area contributed by atoms with Gasteiger partial charge in [0.1, 0.15) is 11.1 Å². The van der Waals surface area contributed by atoms with Crippen LogP contribution in [0.2, 0.25) is 0 Å². The molecule has 10 heteroatoms. The molecule has 35 heavy (non-hydrogen) atoms. The molecule has 4 aliphatic carbocycles. The Labute approximate surface area is 210 Å². The number of carbonyl (C=O) groups is 1. The molecule has 0 atom stereocenters. The van der Waals surface area contributed by atoms with Crippen LogP contribution in [0.15, 0.2) is 35.4 Å². The van der Waals surface area contributed by atoms with Crippen LogP contribution in [0.3, 0.4) is 0 Å². The zero-order chi connectivity index (χ0) is 24.2. The normalized spacial score (nSPS) is 26.5. The van der Waals surface area contributed by atoms with Gasteiger partial charge in [0.25, 0.3) is 5.69 Å². The minimum Gasteiger partial charge on any atom is -0.301 e. The average Bonchev–Trinajstić information content (AvgIpc) is 3.23. The molecular formula is C25H23N5O3S2. The number of aromatic nitrogens is 2. The third-order valence-corrected chi connectivity index (χ3v) is 9.67. The minimum absolute atomic E-state index is 0.0368. The number of thiazole rings is 1. The summed E-state index contributed by atoms with van der Waals surface area (Å²) in [6.45, 7) is 0. The lowest BCUT2D eigenvalue weighted by Gasteiger charge is -2.56. The number of amides is 1. The van der Waals surface area contributed by atoms with Gasteiger partial charge in [-0.05, 0) is 74.5 Å². The van der Waals surface area contributed by atoms with Crippen LogP contribution in [-0.4, -0.2) is 26.6 Å².